The average Bonchev–Trinajstić information content (AvgIpc) is 2.72. The fourth-order valence-electron chi connectivity index (χ4n) is 2.14. The van der Waals surface area contributed by atoms with E-state index in [2.05, 4.69) is 15.2 Å². The van der Waals surface area contributed by atoms with E-state index in [-0.39, 0.29) is 5.41 Å². The molecular formula is C11H16N6. The van der Waals surface area contributed by atoms with Gasteiger partial charge in [0.2, 0.25) is 0 Å². The van der Waals surface area contributed by atoms with Crippen LogP contribution in [-0.4, -0.2) is 24.5 Å². The molecule has 6 heteroatoms. The molecule has 0 aromatic carbocycles. The first-order valence-electron chi connectivity index (χ1n) is 5.79. The molecule has 0 saturated heterocycles. The quantitative estimate of drug-likeness (QED) is 0.847. The van der Waals surface area contributed by atoms with Crippen molar-refractivity contribution in [1.82, 2.24) is 24.5 Å². The molecule has 3 rings (SSSR count). The minimum atomic E-state index is 0.289. The number of hydrogen-bond donors (Lipinski definition) is 1. The van der Waals surface area contributed by atoms with Gasteiger partial charge in [0.05, 0.1) is 24.1 Å². The van der Waals surface area contributed by atoms with Crippen LogP contribution in [0.5, 0.6) is 0 Å². The lowest BCUT2D eigenvalue weighted by molar-refractivity contribution is 0.326. The summed E-state index contributed by atoms with van der Waals surface area (Å²) in [5.41, 5.74) is 7.91. The van der Waals surface area contributed by atoms with Crippen molar-refractivity contribution in [3.63, 3.8) is 0 Å². The molecule has 0 bridgehead atoms. The van der Waals surface area contributed by atoms with Crippen LogP contribution >= 0.6 is 0 Å². The number of aromatic nitrogens is 5. The molecule has 2 aromatic heterocycles. The van der Waals surface area contributed by atoms with Gasteiger partial charge in [-0.05, 0) is 19.8 Å². The summed E-state index contributed by atoms with van der Waals surface area (Å²) in [6.07, 6.45) is 7.50. The van der Waals surface area contributed by atoms with Gasteiger partial charge in [0.15, 0.2) is 0 Å². The second-order valence-electron chi connectivity index (χ2n) is 4.94. The molecule has 6 nitrogen and oxygen atoms in total. The van der Waals surface area contributed by atoms with Crippen LogP contribution < -0.4 is 5.73 Å². The minimum absolute atomic E-state index is 0.289. The van der Waals surface area contributed by atoms with Gasteiger partial charge >= 0.3 is 0 Å². The van der Waals surface area contributed by atoms with Crippen LogP contribution in [0.4, 0.5) is 5.69 Å². The molecular weight excluding hydrogens is 216 g/mol. The molecule has 0 atom stereocenters. The van der Waals surface area contributed by atoms with Crippen molar-refractivity contribution in [2.24, 2.45) is 5.41 Å². The second kappa shape index (κ2) is 3.58. The smallest absolute Gasteiger partial charge is 0.137 e. The second-order valence-corrected chi connectivity index (χ2v) is 4.94. The first kappa shape index (κ1) is 10.3. The highest BCUT2D eigenvalue weighted by Crippen LogP contribution is 2.48. The number of anilines is 1. The molecule has 1 aliphatic rings. The number of nitrogens with zero attached hydrogens (tertiary/aromatic N) is 5. The van der Waals surface area contributed by atoms with Gasteiger partial charge in [0.1, 0.15) is 12.7 Å². The van der Waals surface area contributed by atoms with Crippen molar-refractivity contribution in [2.45, 2.75) is 32.9 Å². The molecule has 90 valence electrons. The summed E-state index contributed by atoms with van der Waals surface area (Å²) < 4.78 is 3.90. The fraction of sp³-hybridized carbons (Fsp3) is 0.545. The standard InChI is InChI=1S/C11H16N6/c1-9-10(12)4-14-17(9)6-11(2-3-11)5-16-8-13-7-15-16/h4,7-8H,2-3,5-6,12H2,1H3. The van der Waals surface area contributed by atoms with Crippen molar-refractivity contribution in [2.75, 3.05) is 5.73 Å². The topological polar surface area (TPSA) is 74.5 Å². The maximum absolute atomic E-state index is 5.81. The maximum atomic E-state index is 5.81. The molecule has 0 aliphatic heterocycles. The molecule has 0 radical (unpaired) electrons. The Labute approximate surface area is 99.4 Å². The van der Waals surface area contributed by atoms with Crippen molar-refractivity contribution in [3.05, 3.63) is 24.5 Å². The van der Waals surface area contributed by atoms with Crippen LogP contribution in [-0.2, 0) is 13.1 Å². The van der Waals surface area contributed by atoms with Crippen LogP contribution in [0, 0.1) is 12.3 Å². The van der Waals surface area contributed by atoms with Gasteiger partial charge in [-0.2, -0.15) is 10.2 Å². The third-order valence-corrected chi connectivity index (χ3v) is 3.55. The van der Waals surface area contributed by atoms with Crippen molar-refractivity contribution >= 4 is 5.69 Å². The molecule has 0 unspecified atom stereocenters. The van der Waals surface area contributed by atoms with E-state index in [1.165, 1.54) is 12.8 Å². The Morgan fingerprint density at radius 1 is 1.35 bits per heavy atom. The van der Waals surface area contributed by atoms with Crippen LogP contribution in [0.15, 0.2) is 18.9 Å². The van der Waals surface area contributed by atoms with Gasteiger partial charge in [-0.3, -0.25) is 9.36 Å². The predicted molar refractivity (Wildman–Crippen MR) is 63.1 cm³/mol. The van der Waals surface area contributed by atoms with Crippen molar-refractivity contribution in [1.29, 1.82) is 0 Å². The normalized spacial score (nSPS) is 17.2. The zero-order valence-electron chi connectivity index (χ0n) is 9.87. The van der Waals surface area contributed by atoms with Crippen LogP contribution in [0.1, 0.15) is 18.5 Å². The van der Waals surface area contributed by atoms with Gasteiger partial charge < -0.3 is 5.73 Å². The van der Waals surface area contributed by atoms with Gasteiger partial charge in [-0.25, -0.2) is 4.98 Å². The number of rotatable bonds is 4. The van der Waals surface area contributed by atoms with E-state index in [9.17, 15) is 0 Å². The number of nitrogens with two attached hydrogens (primary N) is 1. The van der Waals surface area contributed by atoms with Crippen molar-refractivity contribution in [3.8, 4) is 0 Å². The lowest BCUT2D eigenvalue weighted by Crippen LogP contribution is -2.20. The molecule has 0 spiro atoms. The zero-order chi connectivity index (χ0) is 11.9. The average molecular weight is 232 g/mol. The van der Waals surface area contributed by atoms with E-state index in [0.29, 0.717) is 0 Å². The molecule has 1 saturated carbocycles. The lowest BCUT2D eigenvalue weighted by Gasteiger charge is -2.16. The highest BCUT2D eigenvalue weighted by Gasteiger charge is 2.44. The van der Waals surface area contributed by atoms with E-state index in [0.717, 1.165) is 24.5 Å². The lowest BCUT2D eigenvalue weighted by atomic mass is 10.1. The summed E-state index contributed by atoms with van der Waals surface area (Å²) in [5.74, 6) is 0. The largest absolute Gasteiger partial charge is 0.396 e. The molecule has 1 fully saturated rings. The molecule has 17 heavy (non-hydrogen) atoms. The summed E-state index contributed by atoms with van der Waals surface area (Å²) in [4.78, 5) is 3.97. The Bertz CT molecular complexity index is 508. The monoisotopic (exact) mass is 232 g/mol. The Morgan fingerprint density at radius 2 is 2.18 bits per heavy atom. The summed E-state index contributed by atoms with van der Waals surface area (Å²) >= 11 is 0. The number of nitrogen functional groups attached to an aromatic ring is 1. The minimum Gasteiger partial charge on any atom is -0.396 e. The summed E-state index contributed by atoms with van der Waals surface area (Å²) in [6.45, 7) is 3.83. The Kier molecular flexibility index (Phi) is 2.17. The van der Waals surface area contributed by atoms with E-state index >= 15 is 0 Å². The van der Waals surface area contributed by atoms with Gasteiger partial charge in [0, 0.05) is 12.0 Å². The van der Waals surface area contributed by atoms with E-state index < -0.39 is 0 Å². The Balaban J connectivity index is 1.74. The Morgan fingerprint density at radius 3 is 2.71 bits per heavy atom. The highest BCUT2D eigenvalue weighted by molar-refractivity contribution is 5.39. The van der Waals surface area contributed by atoms with E-state index in [1.54, 1.807) is 18.9 Å². The molecule has 0 amide bonds. The highest BCUT2D eigenvalue weighted by atomic mass is 15.3. The fourth-order valence-corrected chi connectivity index (χ4v) is 2.14. The Hall–Kier alpha value is -1.85. The van der Waals surface area contributed by atoms with E-state index in [1.807, 2.05) is 16.3 Å². The summed E-state index contributed by atoms with van der Waals surface area (Å²) in [7, 11) is 0. The van der Waals surface area contributed by atoms with Crippen molar-refractivity contribution < 1.29 is 0 Å². The van der Waals surface area contributed by atoms with Gasteiger partial charge in [-0.15, -0.1) is 0 Å². The molecule has 2 heterocycles. The van der Waals surface area contributed by atoms with Crippen LogP contribution in [0.2, 0.25) is 0 Å². The predicted octanol–water partition coefficient (Wildman–Crippen LogP) is 0.846. The molecule has 2 N–H and O–H groups in total. The van der Waals surface area contributed by atoms with Gasteiger partial charge in [0.25, 0.3) is 0 Å². The summed E-state index contributed by atoms with van der Waals surface area (Å²) in [6, 6.07) is 0. The van der Waals surface area contributed by atoms with E-state index in [4.69, 9.17) is 5.73 Å². The first-order valence-corrected chi connectivity index (χ1v) is 5.79. The maximum Gasteiger partial charge on any atom is 0.137 e. The van der Waals surface area contributed by atoms with Crippen LogP contribution in [0.3, 0.4) is 0 Å². The zero-order valence-corrected chi connectivity index (χ0v) is 9.87. The van der Waals surface area contributed by atoms with Gasteiger partial charge in [-0.1, -0.05) is 0 Å². The third kappa shape index (κ3) is 1.90. The first-order chi connectivity index (χ1) is 8.19. The number of hydrogen-bond acceptors (Lipinski definition) is 4. The SMILES string of the molecule is Cc1c(N)cnn1CC1(Cn2cncn2)CC1. The molecule has 2 aromatic rings. The van der Waals surface area contributed by atoms with Crippen LogP contribution in [0.25, 0.3) is 0 Å². The molecule has 1 aliphatic carbocycles. The third-order valence-electron chi connectivity index (χ3n) is 3.55. The summed E-state index contributed by atoms with van der Waals surface area (Å²) in [5, 5.41) is 8.48.